The van der Waals surface area contributed by atoms with Crippen LogP contribution < -0.4 is 11.3 Å². The lowest BCUT2D eigenvalue weighted by atomic mass is 9.98. The molecular weight excluding hydrogens is 449 g/mol. The van der Waals surface area contributed by atoms with Crippen LogP contribution in [0.5, 0.6) is 0 Å². The fourth-order valence-electron chi connectivity index (χ4n) is 3.45. The molecule has 1 amide bonds. The van der Waals surface area contributed by atoms with Gasteiger partial charge in [0.05, 0.1) is 11.8 Å². The van der Waals surface area contributed by atoms with Crippen molar-refractivity contribution in [2.24, 2.45) is 5.84 Å². The highest BCUT2D eigenvalue weighted by Crippen LogP contribution is 2.42. The second-order valence-corrected chi connectivity index (χ2v) is 6.91. The molecule has 12 heteroatoms. The molecule has 0 aliphatic rings. The van der Waals surface area contributed by atoms with Crippen molar-refractivity contribution in [2.75, 3.05) is 0 Å². The maximum Gasteiger partial charge on any atom is 0.434 e. The number of carbonyl (C=O) groups excluding carboxylic acids is 1. The Balaban J connectivity index is 2.02. The molecular formula is C21H14F5N5O2. The minimum Gasteiger partial charge on any atom is -0.355 e. The summed E-state index contributed by atoms with van der Waals surface area (Å²) in [6.07, 6.45) is -4.30. The number of nitrogens with one attached hydrogen (secondary N) is 1. The summed E-state index contributed by atoms with van der Waals surface area (Å²) in [4.78, 5) is 12.6. The van der Waals surface area contributed by atoms with Gasteiger partial charge < -0.3 is 4.52 Å². The van der Waals surface area contributed by atoms with E-state index in [0.29, 0.717) is 10.2 Å². The van der Waals surface area contributed by atoms with E-state index in [0.717, 1.165) is 24.4 Å². The van der Waals surface area contributed by atoms with Crippen molar-refractivity contribution in [1.82, 2.24) is 20.4 Å². The van der Waals surface area contributed by atoms with Gasteiger partial charge in [-0.15, -0.1) is 0 Å². The third-order valence-corrected chi connectivity index (χ3v) is 4.87. The van der Waals surface area contributed by atoms with E-state index in [2.05, 4.69) is 10.3 Å². The van der Waals surface area contributed by atoms with Gasteiger partial charge in [-0.1, -0.05) is 29.4 Å². The van der Waals surface area contributed by atoms with Gasteiger partial charge in [0, 0.05) is 5.56 Å². The number of nitrogens with zero attached hydrogens (tertiary/aromatic N) is 3. The van der Waals surface area contributed by atoms with Crippen LogP contribution in [0.25, 0.3) is 28.3 Å². The molecule has 2 heterocycles. The Morgan fingerprint density at radius 1 is 1.09 bits per heavy atom. The van der Waals surface area contributed by atoms with Crippen molar-refractivity contribution in [3.63, 3.8) is 0 Å². The van der Waals surface area contributed by atoms with Gasteiger partial charge in [0.1, 0.15) is 28.6 Å². The van der Waals surface area contributed by atoms with E-state index in [9.17, 15) is 26.7 Å². The molecule has 0 aliphatic heterocycles. The van der Waals surface area contributed by atoms with Crippen LogP contribution in [-0.2, 0) is 6.18 Å². The number of benzene rings is 2. The number of hydrazine groups is 1. The number of hydrogen-bond acceptors (Lipinski definition) is 5. The van der Waals surface area contributed by atoms with Gasteiger partial charge in [-0.2, -0.15) is 18.3 Å². The maximum absolute atomic E-state index is 14.6. The molecule has 3 N–H and O–H groups in total. The highest BCUT2D eigenvalue weighted by molar-refractivity contribution is 6.05. The second kappa shape index (κ2) is 8.13. The molecule has 0 spiro atoms. The summed E-state index contributed by atoms with van der Waals surface area (Å²) in [5.74, 6) is 1.74. The Labute approximate surface area is 182 Å². The van der Waals surface area contributed by atoms with Gasteiger partial charge in [0.25, 0.3) is 5.91 Å². The predicted octanol–water partition coefficient (Wildman–Crippen LogP) is 4.40. The molecule has 2 aromatic carbocycles. The molecule has 0 unspecified atom stereocenters. The highest BCUT2D eigenvalue weighted by atomic mass is 19.4. The molecule has 0 radical (unpaired) electrons. The fourth-order valence-corrected chi connectivity index (χ4v) is 3.45. The van der Waals surface area contributed by atoms with Crippen LogP contribution in [0, 0.1) is 18.6 Å². The van der Waals surface area contributed by atoms with Crippen LogP contribution in [0.4, 0.5) is 22.0 Å². The number of halogens is 5. The number of para-hydroxylation sites is 1. The quantitative estimate of drug-likeness (QED) is 0.202. The van der Waals surface area contributed by atoms with Gasteiger partial charge in [0.15, 0.2) is 11.5 Å². The lowest BCUT2D eigenvalue weighted by Crippen LogP contribution is -2.30. The van der Waals surface area contributed by atoms with Crippen molar-refractivity contribution in [3.8, 4) is 28.3 Å². The third-order valence-electron chi connectivity index (χ3n) is 4.87. The van der Waals surface area contributed by atoms with Crippen LogP contribution in [0.2, 0.25) is 0 Å². The number of aryl methyl sites for hydroxylation is 1. The van der Waals surface area contributed by atoms with Crippen LogP contribution >= 0.6 is 0 Å². The van der Waals surface area contributed by atoms with Crippen molar-refractivity contribution < 1.29 is 31.3 Å². The van der Waals surface area contributed by atoms with Crippen LogP contribution in [-0.4, -0.2) is 20.8 Å². The number of nitrogen functional groups attached to an aromatic ring is 1. The number of amides is 1. The molecule has 0 saturated carbocycles. The minimum atomic E-state index is -5.05. The van der Waals surface area contributed by atoms with E-state index in [1.54, 1.807) is 5.43 Å². The van der Waals surface area contributed by atoms with Crippen LogP contribution in [0.1, 0.15) is 21.6 Å². The Hall–Kier alpha value is -4.06. The van der Waals surface area contributed by atoms with E-state index < -0.39 is 52.0 Å². The summed E-state index contributed by atoms with van der Waals surface area (Å²) >= 11 is 0. The minimum absolute atomic E-state index is 0.152. The average Bonchev–Trinajstić information content (AvgIpc) is 3.38. The normalized spacial score (nSPS) is 11.6. The average molecular weight is 463 g/mol. The third kappa shape index (κ3) is 3.74. The Kier molecular flexibility index (Phi) is 5.46. The highest BCUT2D eigenvalue weighted by Gasteiger charge is 2.42. The largest absolute Gasteiger partial charge is 0.434 e. The number of aromatic nitrogens is 3. The predicted molar refractivity (Wildman–Crippen MR) is 106 cm³/mol. The Bertz CT molecular complexity index is 1340. The second-order valence-electron chi connectivity index (χ2n) is 6.91. The first-order valence-electron chi connectivity index (χ1n) is 9.31. The van der Waals surface area contributed by atoms with Crippen molar-refractivity contribution in [1.29, 1.82) is 0 Å². The topological polar surface area (TPSA) is 99.0 Å². The van der Waals surface area contributed by atoms with Crippen LogP contribution in [0.3, 0.4) is 0 Å². The number of nitrogens with two attached hydrogens (primary N) is 1. The number of alkyl halides is 3. The summed E-state index contributed by atoms with van der Waals surface area (Å²) in [5.41, 5.74) is -1.51. The van der Waals surface area contributed by atoms with E-state index in [4.69, 9.17) is 10.4 Å². The molecule has 0 bridgehead atoms. The Morgan fingerprint density at radius 2 is 1.79 bits per heavy atom. The number of carbonyl (C=O) groups is 1. The summed E-state index contributed by atoms with van der Waals surface area (Å²) in [5, 5.41) is 7.33. The zero-order valence-corrected chi connectivity index (χ0v) is 16.7. The van der Waals surface area contributed by atoms with E-state index in [1.807, 2.05) is 0 Å². The lowest BCUT2D eigenvalue weighted by Gasteiger charge is -2.13. The first-order valence-corrected chi connectivity index (χ1v) is 9.31. The standard InChI is InChI=1S/C21H14F5N5O2/c1-10-5-4-7-13(23)15(10)17-16(20(32)29-27)18(33-30-17)11-9-28-31(19(11)21(24,25)26)14-8-3-2-6-12(14)22/h2-9H,27H2,1H3,(H,29,32). The van der Waals surface area contributed by atoms with Crippen molar-refractivity contribution in [2.45, 2.75) is 13.1 Å². The van der Waals surface area contributed by atoms with Gasteiger partial charge >= 0.3 is 6.18 Å². The molecule has 170 valence electrons. The van der Waals surface area contributed by atoms with Gasteiger partial charge in [-0.3, -0.25) is 10.2 Å². The van der Waals surface area contributed by atoms with E-state index in [1.165, 1.54) is 31.2 Å². The monoisotopic (exact) mass is 463 g/mol. The molecule has 4 aromatic rings. The number of hydrogen-bond donors (Lipinski definition) is 2. The summed E-state index contributed by atoms with van der Waals surface area (Å²) in [6.45, 7) is 1.52. The van der Waals surface area contributed by atoms with Gasteiger partial charge in [-0.05, 0) is 30.7 Å². The molecule has 0 saturated heterocycles. The molecule has 4 rings (SSSR count). The van der Waals surface area contributed by atoms with Crippen LogP contribution in [0.15, 0.2) is 53.2 Å². The molecule has 33 heavy (non-hydrogen) atoms. The molecule has 2 aromatic heterocycles. The van der Waals surface area contributed by atoms with Gasteiger partial charge in [0.2, 0.25) is 0 Å². The fraction of sp³-hybridized carbons (Fsp3) is 0.0952. The molecule has 0 aliphatic carbocycles. The Morgan fingerprint density at radius 3 is 2.42 bits per heavy atom. The smallest absolute Gasteiger partial charge is 0.355 e. The molecule has 0 fully saturated rings. The molecule has 0 atom stereocenters. The summed E-state index contributed by atoms with van der Waals surface area (Å²) < 4.78 is 76.5. The SMILES string of the molecule is Cc1cccc(F)c1-c1noc(-c2cnn(-c3ccccc3F)c2C(F)(F)F)c1C(=O)NN. The van der Waals surface area contributed by atoms with Gasteiger partial charge in [-0.25, -0.2) is 19.3 Å². The first kappa shape index (κ1) is 22.1. The molecule has 7 nitrogen and oxygen atoms in total. The van der Waals surface area contributed by atoms with E-state index >= 15 is 0 Å². The summed E-state index contributed by atoms with van der Waals surface area (Å²) in [6, 6.07) is 8.74. The van der Waals surface area contributed by atoms with E-state index in [-0.39, 0.29) is 11.3 Å². The first-order chi connectivity index (χ1) is 15.6. The summed E-state index contributed by atoms with van der Waals surface area (Å²) in [7, 11) is 0. The lowest BCUT2D eigenvalue weighted by molar-refractivity contribution is -0.142. The maximum atomic E-state index is 14.6. The van der Waals surface area contributed by atoms with Crippen molar-refractivity contribution in [3.05, 3.63) is 77.1 Å². The number of rotatable bonds is 4. The zero-order chi connectivity index (χ0) is 23.9. The van der Waals surface area contributed by atoms with Crippen molar-refractivity contribution >= 4 is 5.91 Å². The zero-order valence-electron chi connectivity index (χ0n) is 16.7.